The highest BCUT2D eigenvalue weighted by Gasteiger charge is 2.49. The topological polar surface area (TPSA) is 50.4 Å². The molecular formula is C13H17ClN2O2. The number of hydrogen-bond acceptors (Lipinski definition) is 3. The molecule has 0 radical (unpaired) electrons. The molecular weight excluding hydrogens is 252 g/mol. The summed E-state index contributed by atoms with van der Waals surface area (Å²) in [5.74, 6) is 0.657. The van der Waals surface area contributed by atoms with Gasteiger partial charge in [-0.2, -0.15) is 0 Å². The Labute approximate surface area is 112 Å². The lowest BCUT2D eigenvalue weighted by molar-refractivity contribution is -0.120. The molecule has 1 aliphatic rings. The van der Waals surface area contributed by atoms with E-state index in [-0.39, 0.29) is 11.3 Å². The minimum atomic E-state index is -0.235. The van der Waals surface area contributed by atoms with Gasteiger partial charge in [-0.15, -0.1) is 0 Å². The van der Waals surface area contributed by atoms with Gasteiger partial charge >= 0.3 is 0 Å². The minimum absolute atomic E-state index is 0.0538. The number of anilines is 1. The first-order valence-corrected chi connectivity index (χ1v) is 6.29. The fraction of sp³-hybridized carbons (Fsp3) is 0.462. The number of nitrogens with one attached hydrogen (secondary N) is 2. The molecule has 0 unspecified atom stereocenters. The van der Waals surface area contributed by atoms with Crippen molar-refractivity contribution in [3.63, 3.8) is 0 Å². The molecule has 0 heterocycles. The Balaban J connectivity index is 2.06. The zero-order valence-corrected chi connectivity index (χ0v) is 11.3. The van der Waals surface area contributed by atoms with Gasteiger partial charge in [0.2, 0.25) is 5.91 Å². The van der Waals surface area contributed by atoms with Crippen molar-refractivity contribution in [1.82, 2.24) is 5.32 Å². The van der Waals surface area contributed by atoms with Crippen molar-refractivity contribution in [2.45, 2.75) is 12.8 Å². The number of ether oxygens (including phenoxy) is 1. The molecule has 5 heteroatoms. The maximum absolute atomic E-state index is 12.1. The van der Waals surface area contributed by atoms with E-state index in [2.05, 4.69) is 10.6 Å². The van der Waals surface area contributed by atoms with Gasteiger partial charge < -0.3 is 15.4 Å². The van der Waals surface area contributed by atoms with E-state index < -0.39 is 0 Å². The summed E-state index contributed by atoms with van der Waals surface area (Å²) in [6, 6.07) is 5.24. The standard InChI is InChI=1S/C13H17ClN2O2/c1-15-8-13(5-6-13)12(17)16-9-3-4-11(18-2)10(14)7-9/h3-4,7,15H,5-6,8H2,1-2H3,(H,16,17). The van der Waals surface area contributed by atoms with E-state index in [1.165, 1.54) is 0 Å². The van der Waals surface area contributed by atoms with Crippen LogP contribution >= 0.6 is 11.6 Å². The molecule has 1 fully saturated rings. The van der Waals surface area contributed by atoms with E-state index >= 15 is 0 Å². The van der Waals surface area contributed by atoms with Crippen LogP contribution in [-0.4, -0.2) is 26.6 Å². The predicted octanol–water partition coefficient (Wildman–Crippen LogP) is 2.29. The summed E-state index contributed by atoms with van der Waals surface area (Å²) in [4.78, 5) is 12.1. The van der Waals surface area contributed by atoms with E-state index in [0.717, 1.165) is 12.8 Å². The van der Waals surface area contributed by atoms with Gasteiger partial charge in [0, 0.05) is 12.2 Å². The molecule has 4 nitrogen and oxygen atoms in total. The molecule has 0 atom stereocenters. The number of rotatable bonds is 5. The number of amides is 1. The Hall–Kier alpha value is -1.26. The lowest BCUT2D eigenvalue weighted by Gasteiger charge is -2.15. The molecule has 1 aliphatic carbocycles. The van der Waals surface area contributed by atoms with Gasteiger partial charge in [-0.25, -0.2) is 0 Å². The molecule has 18 heavy (non-hydrogen) atoms. The molecule has 2 N–H and O–H groups in total. The third-order valence-electron chi connectivity index (χ3n) is 3.26. The summed E-state index contributed by atoms with van der Waals surface area (Å²) in [6.45, 7) is 0.711. The summed E-state index contributed by atoms with van der Waals surface area (Å²) >= 11 is 6.02. The number of methoxy groups -OCH3 is 1. The normalized spacial score (nSPS) is 16.2. The van der Waals surface area contributed by atoms with E-state index in [0.29, 0.717) is 23.0 Å². The summed E-state index contributed by atoms with van der Waals surface area (Å²) in [7, 11) is 3.42. The zero-order chi connectivity index (χ0) is 13.2. The van der Waals surface area contributed by atoms with Crippen molar-refractivity contribution in [3.05, 3.63) is 23.2 Å². The van der Waals surface area contributed by atoms with Crippen LogP contribution in [0.4, 0.5) is 5.69 Å². The Morgan fingerprint density at radius 2 is 2.22 bits per heavy atom. The first-order valence-electron chi connectivity index (χ1n) is 5.91. The highest BCUT2D eigenvalue weighted by Crippen LogP contribution is 2.46. The zero-order valence-electron chi connectivity index (χ0n) is 10.5. The second-order valence-corrected chi connectivity index (χ2v) is 5.02. The second kappa shape index (κ2) is 5.16. The SMILES string of the molecule is CNCC1(C(=O)Nc2ccc(OC)c(Cl)c2)CC1. The molecule has 0 aliphatic heterocycles. The van der Waals surface area contributed by atoms with Gasteiger partial charge in [0.15, 0.2) is 0 Å². The van der Waals surface area contributed by atoms with Crippen LogP contribution in [0.3, 0.4) is 0 Å². The quantitative estimate of drug-likeness (QED) is 0.861. The van der Waals surface area contributed by atoms with Crippen LogP contribution in [0.1, 0.15) is 12.8 Å². The van der Waals surface area contributed by atoms with Gasteiger partial charge in [0.05, 0.1) is 17.5 Å². The lowest BCUT2D eigenvalue weighted by atomic mass is 10.1. The van der Waals surface area contributed by atoms with Crippen molar-refractivity contribution >= 4 is 23.2 Å². The van der Waals surface area contributed by atoms with Gasteiger partial charge in [0.25, 0.3) is 0 Å². The van der Waals surface area contributed by atoms with Gasteiger partial charge in [0.1, 0.15) is 5.75 Å². The average molecular weight is 269 g/mol. The van der Waals surface area contributed by atoms with E-state index in [9.17, 15) is 4.79 Å². The Bertz CT molecular complexity index is 458. The van der Waals surface area contributed by atoms with E-state index in [4.69, 9.17) is 16.3 Å². The highest BCUT2D eigenvalue weighted by atomic mass is 35.5. The van der Waals surface area contributed by atoms with Crippen LogP contribution in [0.5, 0.6) is 5.75 Å². The smallest absolute Gasteiger partial charge is 0.231 e. The Kier molecular flexibility index (Phi) is 3.78. The molecule has 0 saturated heterocycles. The number of halogens is 1. The van der Waals surface area contributed by atoms with Crippen molar-refractivity contribution in [1.29, 1.82) is 0 Å². The largest absolute Gasteiger partial charge is 0.495 e. The third kappa shape index (κ3) is 2.60. The van der Waals surface area contributed by atoms with E-state index in [1.54, 1.807) is 25.3 Å². The second-order valence-electron chi connectivity index (χ2n) is 4.61. The fourth-order valence-electron chi connectivity index (χ4n) is 1.98. The van der Waals surface area contributed by atoms with Crippen molar-refractivity contribution in [2.75, 3.05) is 26.0 Å². The summed E-state index contributed by atoms with van der Waals surface area (Å²) in [6.07, 6.45) is 1.87. The van der Waals surface area contributed by atoms with Crippen LogP contribution in [0, 0.1) is 5.41 Å². The summed E-state index contributed by atoms with van der Waals surface area (Å²) < 4.78 is 5.07. The van der Waals surface area contributed by atoms with Gasteiger partial charge in [-0.3, -0.25) is 4.79 Å². The van der Waals surface area contributed by atoms with Crippen LogP contribution < -0.4 is 15.4 Å². The number of hydrogen-bond donors (Lipinski definition) is 2. The molecule has 0 aromatic heterocycles. The maximum atomic E-state index is 12.1. The van der Waals surface area contributed by atoms with Gasteiger partial charge in [-0.05, 0) is 38.1 Å². The number of carbonyl (C=O) groups is 1. The monoisotopic (exact) mass is 268 g/mol. The number of carbonyl (C=O) groups excluding carboxylic acids is 1. The molecule has 98 valence electrons. The molecule has 1 aromatic carbocycles. The van der Waals surface area contributed by atoms with E-state index in [1.807, 2.05) is 7.05 Å². The predicted molar refractivity (Wildman–Crippen MR) is 72.2 cm³/mol. The van der Waals surface area contributed by atoms with Crippen LogP contribution in [0.25, 0.3) is 0 Å². The Morgan fingerprint density at radius 1 is 1.50 bits per heavy atom. The van der Waals surface area contributed by atoms with Crippen LogP contribution in [0.2, 0.25) is 5.02 Å². The van der Waals surface area contributed by atoms with Crippen LogP contribution in [-0.2, 0) is 4.79 Å². The summed E-state index contributed by atoms with van der Waals surface area (Å²) in [5.41, 5.74) is 0.467. The number of benzene rings is 1. The molecule has 2 rings (SSSR count). The average Bonchev–Trinajstić information content (AvgIpc) is 3.11. The molecule has 0 spiro atoms. The summed E-state index contributed by atoms with van der Waals surface area (Å²) in [5, 5.41) is 6.46. The Morgan fingerprint density at radius 3 is 2.72 bits per heavy atom. The van der Waals surface area contributed by atoms with Crippen molar-refractivity contribution in [3.8, 4) is 5.75 Å². The molecule has 0 bridgehead atoms. The maximum Gasteiger partial charge on any atom is 0.231 e. The van der Waals surface area contributed by atoms with Gasteiger partial charge in [-0.1, -0.05) is 11.6 Å². The minimum Gasteiger partial charge on any atom is -0.495 e. The van der Waals surface area contributed by atoms with Crippen molar-refractivity contribution < 1.29 is 9.53 Å². The molecule has 1 aromatic rings. The first kappa shape index (κ1) is 13.2. The first-order chi connectivity index (χ1) is 8.61. The third-order valence-corrected chi connectivity index (χ3v) is 3.56. The van der Waals surface area contributed by atoms with Crippen molar-refractivity contribution in [2.24, 2.45) is 5.41 Å². The molecule has 1 amide bonds. The van der Waals surface area contributed by atoms with Crippen LogP contribution in [0.15, 0.2) is 18.2 Å². The lowest BCUT2D eigenvalue weighted by Crippen LogP contribution is -2.32. The highest BCUT2D eigenvalue weighted by molar-refractivity contribution is 6.32. The fourth-order valence-corrected chi connectivity index (χ4v) is 2.24. The molecule has 1 saturated carbocycles.